The summed E-state index contributed by atoms with van der Waals surface area (Å²) >= 11 is 5.91. The van der Waals surface area contributed by atoms with E-state index in [-0.39, 0.29) is 5.54 Å². The van der Waals surface area contributed by atoms with Crippen molar-refractivity contribution in [3.8, 4) is 0 Å². The monoisotopic (exact) mass is 235 g/mol. The molecule has 3 heteroatoms. The predicted molar refractivity (Wildman–Crippen MR) is 65.7 cm³/mol. The van der Waals surface area contributed by atoms with Crippen LogP contribution in [0.25, 0.3) is 11.0 Å². The Bertz CT molecular complexity index is 528. The fourth-order valence-electron chi connectivity index (χ4n) is 2.04. The molecule has 1 saturated carbocycles. The molecule has 1 fully saturated rings. The summed E-state index contributed by atoms with van der Waals surface area (Å²) in [5.41, 5.74) is 8.29. The zero-order valence-electron chi connectivity index (χ0n) is 9.00. The van der Waals surface area contributed by atoms with Crippen LogP contribution in [0, 0.1) is 0 Å². The Kier molecular flexibility index (Phi) is 2.23. The fourth-order valence-corrected chi connectivity index (χ4v) is 2.21. The van der Waals surface area contributed by atoms with E-state index >= 15 is 0 Å². The number of rotatable bonds is 3. The van der Waals surface area contributed by atoms with Crippen molar-refractivity contribution in [3.63, 3.8) is 0 Å². The lowest BCUT2D eigenvalue weighted by Crippen LogP contribution is -2.21. The molecule has 0 spiro atoms. The number of aryl methyl sites for hydroxylation is 1. The summed E-state index contributed by atoms with van der Waals surface area (Å²) < 4.78 is 5.49. The molecule has 1 aliphatic carbocycles. The third kappa shape index (κ3) is 1.83. The zero-order valence-corrected chi connectivity index (χ0v) is 9.76. The van der Waals surface area contributed by atoms with Crippen LogP contribution in [0.2, 0.25) is 5.02 Å². The average Bonchev–Trinajstić information content (AvgIpc) is 2.87. The summed E-state index contributed by atoms with van der Waals surface area (Å²) in [6.07, 6.45) is 6.19. The van der Waals surface area contributed by atoms with Gasteiger partial charge in [0.05, 0.1) is 6.26 Å². The minimum Gasteiger partial charge on any atom is -0.464 e. The molecule has 0 saturated heterocycles. The van der Waals surface area contributed by atoms with Crippen molar-refractivity contribution in [2.45, 2.75) is 31.2 Å². The van der Waals surface area contributed by atoms with Crippen LogP contribution in [0.1, 0.15) is 24.8 Å². The smallest absolute Gasteiger partial charge is 0.135 e. The molecular formula is C13H14ClNO. The molecule has 0 aliphatic heterocycles. The molecular weight excluding hydrogens is 222 g/mol. The maximum absolute atomic E-state index is 6.08. The summed E-state index contributed by atoms with van der Waals surface area (Å²) in [5, 5.41) is 1.87. The number of benzene rings is 1. The Hall–Kier alpha value is -0.990. The molecule has 0 unspecified atom stereocenters. The van der Waals surface area contributed by atoms with Crippen LogP contribution in [0.3, 0.4) is 0 Å². The van der Waals surface area contributed by atoms with Gasteiger partial charge in [-0.1, -0.05) is 11.6 Å². The minimum absolute atomic E-state index is 0.107. The van der Waals surface area contributed by atoms with E-state index in [0.717, 1.165) is 36.7 Å². The molecule has 2 nitrogen and oxygen atoms in total. The van der Waals surface area contributed by atoms with Crippen LogP contribution in [-0.4, -0.2) is 5.54 Å². The van der Waals surface area contributed by atoms with E-state index in [9.17, 15) is 0 Å². The van der Waals surface area contributed by atoms with Crippen molar-refractivity contribution < 1.29 is 4.42 Å². The number of halogens is 1. The molecule has 0 amide bonds. The van der Waals surface area contributed by atoms with Gasteiger partial charge in [0.2, 0.25) is 0 Å². The molecule has 1 aromatic heterocycles. The lowest BCUT2D eigenvalue weighted by molar-refractivity contribution is 0.588. The quantitative estimate of drug-likeness (QED) is 0.884. The maximum atomic E-state index is 6.08. The Labute approximate surface area is 99.4 Å². The number of nitrogens with two attached hydrogens (primary N) is 1. The Morgan fingerprint density at radius 1 is 1.38 bits per heavy atom. The van der Waals surface area contributed by atoms with Gasteiger partial charge in [-0.3, -0.25) is 0 Å². The highest BCUT2D eigenvalue weighted by molar-refractivity contribution is 6.31. The number of fused-ring (bicyclic) bond motifs is 1. The van der Waals surface area contributed by atoms with E-state index < -0.39 is 0 Å². The third-order valence-corrected chi connectivity index (χ3v) is 3.64. The van der Waals surface area contributed by atoms with E-state index in [1.54, 1.807) is 0 Å². The van der Waals surface area contributed by atoms with E-state index in [0.29, 0.717) is 5.02 Å². The van der Waals surface area contributed by atoms with Crippen LogP contribution < -0.4 is 5.73 Å². The lowest BCUT2D eigenvalue weighted by atomic mass is 10.0. The molecule has 3 rings (SSSR count). The summed E-state index contributed by atoms with van der Waals surface area (Å²) in [7, 11) is 0. The Morgan fingerprint density at radius 2 is 2.19 bits per heavy atom. The second kappa shape index (κ2) is 3.51. The molecule has 16 heavy (non-hydrogen) atoms. The molecule has 2 N–H and O–H groups in total. The van der Waals surface area contributed by atoms with Gasteiger partial charge >= 0.3 is 0 Å². The molecule has 1 aliphatic rings. The number of hydrogen-bond acceptors (Lipinski definition) is 2. The summed E-state index contributed by atoms with van der Waals surface area (Å²) in [6.45, 7) is 0. The molecule has 0 atom stereocenters. The van der Waals surface area contributed by atoms with Crippen molar-refractivity contribution in [1.82, 2.24) is 0 Å². The molecule has 1 heterocycles. The van der Waals surface area contributed by atoms with Gasteiger partial charge in [-0.25, -0.2) is 0 Å². The third-order valence-electron chi connectivity index (χ3n) is 3.40. The minimum atomic E-state index is 0.107. The first-order valence-electron chi connectivity index (χ1n) is 5.61. The molecule has 1 aromatic carbocycles. The van der Waals surface area contributed by atoms with Crippen LogP contribution in [0.4, 0.5) is 0 Å². The first-order chi connectivity index (χ1) is 7.66. The number of hydrogen-bond donors (Lipinski definition) is 1. The SMILES string of the molecule is NC1(CCc2coc3cc(Cl)ccc23)CC1. The summed E-state index contributed by atoms with van der Waals surface area (Å²) in [5.74, 6) is 0. The lowest BCUT2D eigenvalue weighted by Gasteiger charge is -2.06. The van der Waals surface area contributed by atoms with Gasteiger partial charge in [0.25, 0.3) is 0 Å². The van der Waals surface area contributed by atoms with Gasteiger partial charge in [0.15, 0.2) is 0 Å². The van der Waals surface area contributed by atoms with E-state index in [1.807, 2.05) is 24.5 Å². The van der Waals surface area contributed by atoms with Gasteiger partial charge in [-0.15, -0.1) is 0 Å². The molecule has 0 bridgehead atoms. The topological polar surface area (TPSA) is 39.2 Å². The van der Waals surface area contributed by atoms with Crippen molar-refractivity contribution in [3.05, 3.63) is 35.0 Å². The first-order valence-corrected chi connectivity index (χ1v) is 5.99. The van der Waals surface area contributed by atoms with Crippen LogP contribution in [0.5, 0.6) is 0 Å². The standard InChI is InChI=1S/C13H14ClNO/c14-10-1-2-11-9(8-16-12(11)7-10)3-4-13(15)5-6-13/h1-2,7-8H,3-6,15H2. The van der Waals surface area contributed by atoms with Gasteiger partial charge in [-0.2, -0.15) is 0 Å². The fraction of sp³-hybridized carbons (Fsp3) is 0.385. The second-order valence-electron chi connectivity index (χ2n) is 4.76. The Morgan fingerprint density at radius 3 is 2.94 bits per heavy atom. The largest absolute Gasteiger partial charge is 0.464 e. The van der Waals surface area contributed by atoms with Crippen LogP contribution in [-0.2, 0) is 6.42 Å². The van der Waals surface area contributed by atoms with Gasteiger partial charge in [0, 0.05) is 15.9 Å². The molecule has 84 valence electrons. The summed E-state index contributed by atoms with van der Waals surface area (Å²) in [4.78, 5) is 0. The van der Waals surface area contributed by atoms with Crippen molar-refractivity contribution in [2.24, 2.45) is 5.73 Å². The Balaban J connectivity index is 1.86. The normalized spacial score (nSPS) is 17.9. The van der Waals surface area contributed by atoms with Gasteiger partial charge in [-0.05, 0) is 49.4 Å². The number of furan rings is 1. The van der Waals surface area contributed by atoms with Crippen molar-refractivity contribution in [1.29, 1.82) is 0 Å². The molecule has 0 radical (unpaired) electrons. The first kappa shape index (κ1) is 10.2. The second-order valence-corrected chi connectivity index (χ2v) is 5.20. The average molecular weight is 236 g/mol. The van der Waals surface area contributed by atoms with Gasteiger partial charge < -0.3 is 10.2 Å². The van der Waals surface area contributed by atoms with E-state index in [4.69, 9.17) is 21.8 Å². The highest BCUT2D eigenvalue weighted by Crippen LogP contribution is 2.37. The predicted octanol–water partition coefficient (Wildman–Crippen LogP) is 3.51. The van der Waals surface area contributed by atoms with Crippen LogP contribution in [0.15, 0.2) is 28.9 Å². The van der Waals surface area contributed by atoms with Crippen LogP contribution >= 0.6 is 11.6 Å². The summed E-state index contributed by atoms with van der Waals surface area (Å²) in [6, 6.07) is 5.78. The highest BCUT2D eigenvalue weighted by Gasteiger charge is 2.37. The maximum Gasteiger partial charge on any atom is 0.135 e. The van der Waals surface area contributed by atoms with Crippen molar-refractivity contribution in [2.75, 3.05) is 0 Å². The zero-order chi connectivity index (χ0) is 11.2. The van der Waals surface area contributed by atoms with Crippen molar-refractivity contribution >= 4 is 22.6 Å². The highest BCUT2D eigenvalue weighted by atomic mass is 35.5. The van der Waals surface area contributed by atoms with E-state index in [2.05, 4.69) is 0 Å². The molecule has 2 aromatic rings. The van der Waals surface area contributed by atoms with Gasteiger partial charge in [0.1, 0.15) is 5.58 Å². The van der Waals surface area contributed by atoms with E-state index in [1.165, 1.54) is 5.56 Å².